The van der Waals surface area contributed by atoms with Crippen LogP contribution in [0.5, 0.6) is 0 Å². The average molecular weight is 469 g/mol. The summed E-state index contributed by atoms with van der Waals surface area (Å²) in [4.78, 5) is 39.3. The van der Waals surface area contributed by atoms with Crippen molar-refractivity contribution in [2.24, 2.45) is 50.2 Å². The van der Waals surface area contributed by atoms with Gasteiger partial charge in [-0.05, 0) is 97.9 Å². The summed E-state index contributed by atoms with van der Waals surface area (Å²) in [5.41, 5.74) is -0.205. The SMILES string of the molecule is CC1(C)C(=O)CC[C@]2(C)C3C(=O)C=C4[C@H]5C[C@@](C)(C(=O)O)CC[C@]5(C)CC[C@]4(C)[C@]3(C)CC[C@@H]12. The number of aliphatic carboxylic acids is 1. The van der Waals surface area contributed by atoms with Crippen LogP contribution in [0.2, 0.25) is 0 Å². The zero-order valence-corrected chi connectivity index (χ0v) is 22.3. The standard InChI is InChI=1S/C30H44O4/c1-25(2)21-8-11-30(7)23(28(21,5)10-9-22(25)32)20(31)16-18-19-17-27(4,24(33)34)13-12-26(19,3)14-15-29(18,30)6/h16,19,21,23H,8-15,17H2,1-7H3,(H,33,34)/t19-,21+,23?,26-,27+,28+,29+,30-/m1/s1. The Hall–Kier alpha value is -1.45. The lowest BCUT2D eigenvalue weighted by atomic mass is 9.33. The summed E-state index contributed by atoms with van der Waals surface area (Å²) in [6, 6.07) is 0. The first-order valence-corrected chi connectivity index (χ1v) is 13.6. The molecule has 4 nitrogen and oxygen atoms in total. The molecule has 0 amide bonds. The number of carboxylic acids is 1. The van der Waals surface area contributed by atoms with Gasteiger partial charge in [-0.1, -0.05) is 47.1 Å². The van der Waals surface area contributed by atoms with Crippen LogP contribution in [-0.4, -0.2) is 22.6 Å². The van der Waals surface area contributed by atoms with Crippen molar-refractivity contribution in [3.63, 3.8) is 0 Å². The van der Waals surface area contributed by atoms with Gasteiger partial charge in [0, 0.05) is 17.8 Å². The van der Waals surface area contributed by atoms with Crippen LogP contribution < -0.4 is 0 Å². The first kappa shape index (κ1) is 24.3. The number of hydrogen-bond donors (Lipinski definition) is 1. The molecule has 0 aromatic carbocycles. The maximum absolute atomic E-state index is 14.2. The molecular formula is C30H44O4. The van der Waals surface area contributed by atoms with Gasteiger partial charge in [0.25, 0.3) is 0 Å². The van der Waals surface area contributed by atoms with E-state index >= 15 is 0 Å². The highest BCUT2D eigenvalue weighted by atomic mass is 16.4. The fraction of sp³-hybridized carbons (Fsp3) is 0.833. The van der Waals surface area contributed by atoms with Crippen LogP contribution in [0.15, 0.2) is 11.6 Å². The molecule has 5 aliphatic rings. The van der Waals surface area contributed by atoms with Crippen LogP contribution >= 0.6 is 0 Å². The van der Waals surface area contributed by atoms with E-state index in [1.165, 1.54) is 5.57 Å². The first-order chi connectivity index (χ1) is 15.6. The van der Waals surface area contributed by atoms with Gasteiger partial charge in [0.05, 0.1) is 5.41 Å². The van der Waals surface area contributed by atoms with E-state index in [2.05, 4.69) is 41.5 Å². The van der Waals surface area contributed by atoms with Crippen molar-refractivity contribution >= 4 is 17.5 Å². The van der Waals surface area contributed by atoms with Crippen molar-refractivity contribution in [1.29, 1.82) is 0 Å². The van der Waals surface area contributed by atoms with Crippen molar-refractivity contribution in [1.82, 2.24) is 0 Å². The summed E-state index contributed by atoms with van der Waals surface area (Å²) in [6.45, 7) is 15.5. The van der Waals surface area contributed by atoms with E-state index in [0.717, 1.165) is 44.9 Å². The summed E-state index contributed by atoms with van der Waals surface area (Å²) in [6.07, 6.45) is 9.78. The second-order valence-electron chi connectivity index (χ2n) is 14.7. The minimum atomic E-state index is -0.721. The van der Waals surface area contributed by atoms with Gasteiger partial charge in [0.2, 0.25) is 0 Å². The maximum Gasteiger partial charge on any atom is 0.309 e. The molecule has 8 atom stereocenters. The summed E-state index contributed by atoms with van der Waals surface area (Å²) in [7, 11) is 0. The molecule has 34 heavy (non-hydrogen) atoms. The fourth-order valence-corrected chi connectivity index (χ4v) is 10.2. The Morgan fingerprint density at radius 1 is 0.912 bits per heavy atom. The zero-order chi connectivity index (χ0) is 25.1. The normalized spacial score (nSPS) is 52.0. The minimum Gasteiger partial charge on any atom is -0.481 e. The summed E-state index contributed by atoms with van der Waals surface area (Å²) >= 11 is 0. The molecule has 188 valence electrons. The molecule has 0 saturated heterocycles. The Kier molecular flexibility index (Phi) is 4.89. The van der Waals surface area contributed by atoms with E-state index in [1.807, 2.05) is 13.0 Å². The predicted octanol–water partition coefficient (Wildman–Crippen LogP) is 6.62. The third-order valence-electron chi connectivity index (χ3n) is 12.8. The van der Waals surface area contributed by atoms with Crippen LogP contribution in [0, 0.1) is 50.2 Å². The molecule has 0 aromatic rings. The van der Waals surface area contributed by atoms with Crippen molar-refractivity contribution in [3.8, 4) is 0 Å². The van der Waals surface area contributed by atoms with Crippen molar-refractivity contribution in [3.05, 3.63) is 11.6 Å². The second-order valence-corrected chi connectivity index (χ2v) is 14.7. The third kappa shape index (κ3) is 2.75. The molecule has 4 saturated carbocycles. The van der Waals surface area contributed by atoms with Crippen molar-refractivity contribution < 1.29 is 19.5 Å². The number of rotatable bonds is 1. The van der Waals surface area contributed by atoms with Crippen LogP contribution in [0.25, 0.3) is 0 Å². The summed E-state index contributed by atoms with van der Waals surface area (Å²) in [5, 5.41) is 10.0. The molecule has 0 aliphatic heterocycles. The quantitative estimate of drug-likeness (QED) is 0.469. The predicted molar refractivity (Wildman–Crippen MR) is 132 cm³/mol. The first-order valence-electron chi connectivity index (χ1n) is 13.6. The molecule has 0 spiro atoms. The maximum atomic E-state index is 14.2. The lowest BCUT2D eigenvalue weighted by Crippen LogP contribution is -2.66. The van der Waals surface area contributed by atoms with Gasteiger partial charge in [-0.25, -0.2) is 0 Å². The summed E-state index contributed by atoms with van der Waals surface area (Å²) in [5.74, 6) is 0.222. The van der Waals surface area contributed by atoms with Gasteiger partial charge >= 0.3 is 5.97 Å². The number of hydrogen-bond acceptors (Lipinski definition) is 3. The largest absolute Gasteiger partial charge is 0.481 e. The van der Waals surface area contributed by atoms with E-state index in [9.17, 15) is 19.5 Å². The Balaban J connectivity index is 1.63. The second kappa shape index (κ2) is 6.85. The molecule has 5 rings (SSSR count). The lowest BCUT2D eigenvalue weighted by Gasteiger charge is -2.69. The Morgan fingerprint density at radius 2 is 1.56 bits per heavy atom. The number of Topliss-reactive ketones (excluding diaryl/α,β-unsaturated/α-hetero) is 1. The van der Waals surface area contributed by atoms with Crippen molar-refractivity contribution in [2.45, 2.75) is 106 Å². The van der Waals surface area contributed by atoms with Gasteiger partial charge in [0.1, 0.15) is 5.78 Å². The van der Waals surface area contributed by atoms with Crippen LogP contribution in [0.1, 0.15) is 106 Å². The number of ketones is 2. The molecule has 4 heteroatoms. The number of fused-ring (bicyclic) bond motifs is 7. The fourth-order valence-electron chi connectivity index (χ4n) is 10.2. The Bertz CT molecular complexity index is 1010. The Morgan fingerprint density at radius 3 is 2.21 bits per heavy atom. The molecule has 4 fully saturated rings. The molecular weight excluding hydrogens is 424 g/mol. The van der Waals surface area contributed by atoms with Gasteiger partial charge in [-0.15, -0.1) is 0 Å². The highest BCUT2D eigenvalue weighted by Gasteiger charge is 2.70. The molecule has 0 aromatic heterocycles. The molecule has 0 radical (unpaired) electrons. The average Bonchev–Trinajstić information content (AvgIpc) is 2.73. The van der Waals surface area contributed by atoms with Crippen LogP contribution in [0.3, 0.4) is 0 Å². The molecule has 0 bridgehead atoms. The zero-order valence-electron chi connectivity index (χ0n) is 22.3. The van der Waals surface area contributed by atoms with Gasteiger partial charge in [-0.2, -0.15) is 0 Å². The highest BCUT2D eigenvalue weighted by Crippen LogP contribution is 2.74. The number of carboxylic acid groups (broad SMARTS) is 1. The van der Waals surface area contributed by atoms with E-state index in [4.69, 9.17) is 0 Å². The monoisotopic (exact) mass is 468 g/mol. The van der Waals surface area contributed by atoms with Gasteiger partial charge < -0.3 is 5.11 Å². The topological polar surface area (TPSA) is 71.4 Å². The molecule has 1 N–H and O–H groups in total. The van der Waals surface area contributed by atoms with E-state index < -0.39 is 11.4 Å². The van der Waals surface area contributed by atoms with Crippen LogP contribution in [-0.2, 0) is 14.4 Å². The van der Waals surface area contributed by atoms with Crippen LogP contribution in [0.4, 0.5) is 0 Å². The highest BCUT2D eigenvalue weighted by molar-refractivity contribution is 5.96. The number of allylic oxidation sites excluding steroid dienone is 2. The smallest absolute Gasteiger partial charge is 0.309 e. The lowest BCUT2D eigenvalue weighted by molar-refractivity contribution is -0.188. The molecule has 0 heterocycles. The van der Waals surface area contributed by atoms with Crippen molar-refractivity contribution in [2.75, 3.05) is 0 Å². The summed E-state index contributed by atoms with van der Waals surface area (Å²) < 4.78 is 0. The van der Waals surface area contributed by atoms with E-state index in [1.54, 1.807) is 0 Å². The van der Waals surface area contributed by atoms with E-state index in [-0.39, 0.29) is 50.6 Å². The number of carbonyl (C=O) groups excluding carboxylic acids is 2. The number of carbonyl (C=O) groups is 3. The minimum absolute atomic E-state index is 0.0707. The third-order valence-corrected chi connectivity index (χ3v) is 12.8. The van der Waals surface area contributed by atoms with Gasteiger partial charge in [-0.3, -0.25) is 14.4 Å². The van der Waals surface area contributed by atoms with E-state index in [0.29, 0.717) is 18.6 Å². The molecule has 1 unspecified atom stereocenters. The van der Waals surface area contributed by atoms with Gasteiger partial charge in [0.15, 0.2) is 5.78 Å². The molecule has 5 aliphatic carbocycles. The Labute approximate surface area is 205 Å².